The van der Waals surface area contributed by atoms with Crippen LogP contribution in [0.3, 0.4) is 0 Å². The van der Waals surface area contributed by atoms with Crippen LogP contribution < -0.4 is 15.8 Å². The third-order valence-electron chi connectivity index (χ3n) is 3.63. The van der Waals surface area contributed by atoms with Gasteiger partial charge in [-0.2, -0.15) is 0 Å². The van der Waals surface area contributed by atoms with Gasteiger partial charge in [-0.25, -0.2) is 4.98 Å². The minimum absolute atomic E-state index is 0.282. The molecular weight excluding hydrogens is 350 g/mol. The van der Waals surface area contributed by atoms with Crippen LogP contribution in [0.25, 0.3) is 10.4 Å². The molecule has 0 aliphatic carbocycles. The molecule has 3 rings (SSSR count). The molecule has 0 spiro atoms. The lowest BCUT2D eigenvalue weighted by molar-refractivity contribution is 0.102. The lowest BCUT2D eigenvalue weighted by atomic mass is 10.1. The maximum Gasteiger partial charge on any atom is 0.274 e. The molecule has 1 aromatic carbocycles. The molecule has 0 saturated carbocycles. The fourth-order valence-electron chi connectivity index (χ4n) is 2.29. The van der Waals surface area contributed by atoms with E-state index in [0.29, 0.717) is 30.3 Å². The summed E-state index contributed by atoms with van der Waals surface area (Å²) in [6, 6.07) is 12.9. The molecule has 3 N–H and O–H groups in total. The molecule has 134 valence electrons. The van der Waals surface area contributed by atoms with E-state index in [1.54, 1.807) is 36.6 Å². The van der Waals surface area contributed by atoms with Crippen molar-refractivity contribution >= 4 is 28.6 Å². The average molecular weight is 369 g/mol. The minimum Gasteiger partial charge on any atom is -0.490 e. The van der Waals surface area contributed by atoms with E-state index in [4.69, 9.17) is 15.2 Å². The monoisotopic (exact) mass is 369 g/mol. The molecule has 0 atom stereocenters. The van der Waals surface area contributed by atoms with Crippen LogP contribution in [0, 0.1) is 0 Å². The smallest absolute Gasteiger partial charge is 0.274 e. The Morgan fingerprint density at radius 3 is 2.81 bits per heavy atom. The quantitative estimate of drug-likeness (QED) is 0.490. The van der Waals surface area contributed by atoms with Crippen LogP contribution in [0.5, 0.6) is 5.75 Å². The molecule has 3 aromatic rings. The first-order valence-corrected chi connectivity index (χ1v) is 8.88. The van der Waals surface area contributed by atoms with Gasteiger partial charge in [-0.3, -0.25) is 4.79 Å². The van der Waals surface area contributed by atoms with E-state index in [1.165, 1.54) is 6.20 Å². The Hall–Kier alpha value is -2.90. The number of amides is 1. The first-order valence-electron chi connectivity index (χ1n) is 8.00. The summed E-state index contributed by atoms with van der Waals surface area (Å²) in [5.41, 5.74) is 8.34. The van der Waals surface area contributed by atoms with Crippen molar-refractivity contribution in [3.05, 3.63) is 59.7 Å². The molecule has 0 aliphatic rings. The number of benzene rings is 1. The van der Waals surface area contributed by atoms with Crippen LogP contribution in [-0.4, -0.2) is 31.2 Å². The zero-order valence-electron chi connectivity index (χ0n) is 14.3. The number of ether oxygens (including phenoxy) is 2. The first-order chi connectivity index (χ1) is 12.7. The van der Waals surface area contributed by atoms with Crippen LogP contribution in [0.15, 0.2) is 54.0 Å². The molecular formula is C19H19N3O3S. The largest absolute Gasteiger partial charge is 0.490 e. The van der Waals surface area contributed by atoms with Crippen LogP contribution in [0.4, 0.5) is 11.4 Å². The van der Waals surface area contributed by atoms with E-state index in [2.05, 4.69) is 10.3 Å². The van der Waals surface area contributed by atoms with Gasteiger partial charge in [-0.05, 0) is 41.3 Å². The second kappa shape index (κ2) is 8.46. The second-order valence-electron chi connectivity index (χ2n) is 5.45. The van der Waals surface area contributed by atoms with Gasteiger partial charge < -0.3 is 20.5 Å². The van der Waals surface area contributed by atoms with Gasteiger partial charge in [-0.1, -0.05) is 12.1 Å². The molecule has 1 amide bonds. The first kappa shape index (κ1) is 17.9. The Morgan fingerprint density at radius 2 is 2.12 bits per heavy atom. The van der Waals surface area contributed by atoms with E-state index in [-0.39, 0.29) is 11.6 Å². The van der Waals surface area contributed by atoms with E-state index < -0.39 is 0 Å². The number of carbonyl (C=O) groups is 1. The number of anilines is 2. The van der Waals surface area contributed by atoms with Gasteiger partial charge >= 0.3 is 0 Å². The van der Waals surface area contributed by atoms with Gasteiger partial charge in [0.05, 0.1) is 24.2 Å². The zero-order valence-corrected chi connectivity index (χ0v) is 15.1. The fraction of sp³-hybridized carbons (Fsp3) is 0.158. The van der Waals surface area contributed by atoms with E-state index in [0.717, 1.165) is 10.4 Å². The zero-order chi connectivity index (χ0) is 18.4. The summed E-state index contributed by atoms with van der Waals surface area (Å²) in [6.45, 7) is 0.915. The highest BCUT2D eigenvalue weighted by Crippen LogP contribution is 2.30. The summed E-state index contributed by atoms with van der Waals surface area (Å²) in [5, 5.41) is 4.82. The van der Waals surface area contributed by atoms with Crippen LogP contribution in [-0.2, 0) is 4.74 Å². The average Bonchev–Trinajstić information content (AvgIpc) is 3.19. The second-order valence-corrected chi connectivity index (χ2v) is 6.40. The number of hydrogen-bond acceptors (Lipinski definition) is 6. The topological polar surface area (TPSA) is 86.5 Å². The summed E-state index contributed by atoms with van der Waals surface area (Å²) in [7, 11) is 1.61. The van der Waals surface area contributed by atoms with Gasteiger partial charge in [0.2, 0.25) is 0 Å². The predicted molar refractivity (Wildman–Crippen MR) is 104 cm³/mol. The SMILES string of the molecule is COCCOc1ccc(C(=O)Nc2cc(-c3cccs3)ccc2N)nc1. The van der Waals surface area contributed by atoms with Gasteiger partial charge in [0.15, 0.2) is 0 Å². The minimum atomic E-state index is -0.330. The van der Waals surface area contributed by atoms with Crippen LogP contribution >= 0.6 is 11.3 Å². The lowest BCUT2D eigenvalue weighted by Crippen LogP contribution is -2.15. The third-order valence-corrected chi connectivity index (χ3v) is 4.55. The number of nitrogens with zero attached hydrogens (tertiary/aromatic N) is 1. The van der Waals surface area contributed by atoms with Gasteiger partial charge in [0.1, 0.15) is 18.1 Å². The van der Waals surface area contributed by atoms with Crippen molar-refractivity contribution in [1.82, 2.24) is 4.98 Å². The van der Waals surface area contributed by atoms with Gasteiger partial charge in [0.25, 0.3) is 5.91 Å². The number of nitrogen functional groups attached to an aromatic ring is 1. The molecule has 0 bridgehead atoms. The number of hydrogen-bond donors (Lipinski definition) is 2. The Bertz CT molecular complexity index is 864. The number of nitrogens with one attached hydrogen (secondary N) is 1. The number of pyridine rings is 1. The molecule has 2 aromatic heterocycles. The molecule has 0 fully saturated rings. The van der Waals surface area contributed by atoms with E-state index in [1.807, 2.05) is 29.6 Å². The maximum absolute atomic E-state index is 12.4. The van der Waals surface area contributed by atoms with Crippen molar-refractivity contribution in [2.45, 2.75) is 0 Å². The molecule has 26 heavy (non-hydrogen) atoms. The summed E-state index contributed by atoms with van der Waals surface area (Å²) in [4.78, 5) is 17.7. The molecule has 0 saturated heterocycles. The van der Waals surface area contributed by atoms with Gasteiger partial charge in [-0.15, -0.1) is 11.3 Å². The standard InChI is InChI=1S/C19H19N3O3S/c1-24-8-9-25-14-5-7-16(21-12-14)19(23)22-17-11-13(4-6-15(17)20)18-3-2-10-26-18/h2-7,10-12H,8-9,20H2,1H3,(H,22,23). The van der Waals surface area contributed by atoms with E-state index in [9.17, 15) is 4.79 Å². The fourth-order valence-corrected chi connectivity index (χ4v) is 3.01. The molecule has 0 aliphatic heterocycles. The Labute approximate surface area is 155 Å². The van der Waals surface area contributed by atoms with E-state index >= 15 is 0 Å². The number of carbonyl (C=O) groups excluding carboxylic acids is 1. The summed E-state index contributed by atoms with van der Waals surface area (Å²) >= 11 is 1.63. The summed E-state index contributed by atoms with van der Waals surface area (Å²) in [6.07, 6.45) is 1.51. The third kappa shape index (κ3) is 4.38. The van der Waals surface area contributed by atoms with Gasteiger partial charge in [0, 0.05) is 12.0 Å². The molecule has 0 radical (unpaired) electrons. The number of thiophene rings is 1. The van der Waals surface area contributed by atoms with Crippen molar-refractivity contribution in [3.8, 4) is 16.2 Å². The van der Waals surface area contributed by atoms with Crippen molar-refractivity contribution in [1.29, 1.82) is 0 Å². The number of rotatable bonds is 7. The predicted octanol–water partition coefficient (Wildman–Crippen LogP) is 3.67. The highest BCUT2D eigenvalue weighted by molar-refractivity contribution is 7.13. The highest BCUT2D eigenvalue weighted by atomic mass is 32.1. The summed E-state index contributed by atoms with van der Waals surface area (Å²) < 4.78 is 10.4. The van der Waals surface area contributed by atoms with Crippen LogP contribution in [0.1, 0.15) is 10.5 Å². The molecule has 2 heterocycles. The van der Waals surface area contributed by atoms with Crippen molar-refractivity contribution in [3.63, 3.8) is 0 Å². The van der Waals surface area contributed by atoms with Crippen molar-refractivity contribution in [2.24, 2.45) is 0 Å². The highest BCUT2D eigenvalue weighted by Gasteiger charge is 2.11. The van der Waals surface area contributed by atoms with Crippen molar-refractivity contribution < 1.29 is 14.3 Å². The number of aromatic nitrogens is 1. The number of methoxy groups -OCH3 is 1. The molecule has 6 nitrogen and oxygen atoms in total. The molecule has 7 heteroatoms. The molecule has 0 unspecified atom stereocenters. The number of nitrogens with two attached hydrogens (primary N) is 1. The van der Waals surface area contributed by atoms with Crippen molar-refractivity contribution in [2.75, 3.05) is 31.4 Å². The normalized spacial score (nSPS) is 10.5. The Balaban J connectivity index is 1.70. The lowest BCUT2D eigenvalue weighted by Gasteiger charge is -2.10. The Morgan fingerprint density at radius 1 is 1.23 bits per heavy atom. The van der Waals surface area contributed by atoms with Crippen LogP contribution in [0.2, 0.25) is 0 Å². The Kier molecular flexibility index (Phi) is 5.83. The summed E-state index contributed by atoms with van der Waals surface area (Å²) in [5.74, 6) is 0.251. The maximum atomic E-state index is 12.4.